The summed E-state index contributed by atoms with van der Waals surface area (Å²) in [6.45, 7) is 14.7. The summed E-state index contributed by atoms with van der Waals surface area (Å²) in [7, 11) is 0. The molecule has 1 aliphatic heterocycles. The van der Waals surface area contributed by atoms with Gasteiger partial charge in [-0.1, -0.05) is 58.6 Å². The van der Waals surface area contributed by atoms with Crippen molar-refractivity contribution in [2.24, 2.45) is 23.2 Å². The molecule has 1 saturated carbocycles. The number of rotatable bonds is 12. The van der Waals surface area contributed by atoms with Gasteiger partial charge in [0.25, 0.3) is 0 Å². The highest BCUT2D eigenvalue weighted by Gasteiger charge is 2.51. The number of esters is 1. The Morgan fingerprint density at radius 2 is 1.87 bits per heavy atom. The summed E-state index contributed by atoms with van der Waals surface area (Å²) in [4.78, 5) is 15.3. The fourth-order valence-electron chi connectivity index (χ4n) is 6.07. The molecule has 30 heavy (non-hydrogen) atoms. The van der Waals surface area contributed by atoms with Gasteiger partial charge in [-0.25, -0.2) is 0 Å². The van der Waals surface area contributed by atoms with Gasteiger partial charge < -0.3 is 15.0 Å². The van der Waals surface area contributed by atoms with E-state index in [0.717, 1.165) is 32.5 Å². The topological polar surface area (TPSA) is 41.6 Å². The molecule has 4 nitrogen and oxygen atoms in total. The molecule has 4 heteroatoms. The largest absolute Gasteiger partial charge is 0.461 e. The normalized spacial score (nSPS) is 33.2. The maximum Gasteiger partial charge on any atom is 0.311 e. The minimum atomic E-state index is -0.00235. The van der Waals surface area contributed by atoms with Crippen molar-refractivity contribution in [2.45, 2.75) is 91.6 Å². The lowest BCUT2D eigenvalue weighted by atomic mass is 9.59. The molecule has 1 saturated heterocycles. The van der Waals surface area contributed by atoms with Crippen molar-refractivity contribution in [1.82, 2.24) is 10.2 Å². The molecule has 0 amide bonds. The molecule has 0 aromatic carbocycles. The molecule has 172 valence electrons. The first-order valence-corrected chi connectivity index (χ1v) is 12.8. The summed E-state index contributed by atoms with van der Waals surface area (Å²) in [6.07, 6.45) is 13.7. The zero-order chi connectivity index (χ0) is 21.6. The number of hydrogen-bond acceptors (Lipinski definition) is 4. The van der Waals surface area contributed by atoms with Crippen LogP contribution in [0.3, 0.4) is 0 Å². The molecule has 2 fully saturated rings. The van der Waals surface area contributed by atoms with Gasteiger partial charge in [-0.3, -0.25) is 4.79 Å². The highest BCUT2D eigenvalue weighted by atomic mass is 16.6. The van der Waals surface area contributed by atoms with Crippen LogP contribution in [0.4, 0.5) is 0 Å². The number of allylic oxidation sites excluding steroid dienone is 1. The molecule has 0 spiro atoms. The Hall–Kier alpha value is -0.870. The van der Waals surface area contributed by atoms with Gasteiger partial charge in [0.05, 0.1) is 5.92 Å². The minimum Gasteiger partial charge on any atom is -0.461 e. The van der Waals surface area contributed by atoms with Crippen molar-refractivity contribution in [1.29, 1.82) is 0 Å². The second-order valence-corrected chi connectivity index (χ2v) is 10.4. The van der Waals surface area contributed by atoms with Gasteiger partial charge in [0, 0.05) is 12.5 Å². The predicted molar refractivity (Wildman–Crippen MR) is 124 cm³/mol. The van der Waals surface area contributed by atoms with Gasteiger partial charge in [-0.15, -0.1) is 0 Å². The summed E-state index contributed by atoms with van der Waals surface area (Å²) in [5.74, 6) is 0.958. The Kier molecular flexibility index (Phi) is 8.82. The van der Waals surface area contributed by atoms with Crippen LogP contribution in [0, 0.1) is 23.2 Å². The quantitative estimate of drug-likeness (QED) is 0.269. The molecule has 0 unspecified atom stereocenters. The van der Waals surface area contributed by atoms with Crippen molar-refractivity contribution in [3.8, 4) is 0 Å². The molecule has 0 aromatic rings. The average Bonchev–Trinajstić information content (AvgIpc) is 3.01. The van der Waals surface area contributed by atoms with Gasteiger partial charge >= 0.3 is 5.97 Å². The highest BCUT2D eigenvalue weighted by molar-refractivity contribution is 5.76. The predicted octanol–water partition coefficient (Wildman–Crippen LogP) is 5.18. The van der Waals surface area contributed by atoms with E-state index in [-0.39, 0.29) is 29.3 Å². The summed E-state index contributed by atoms with van der Waals surface area (Å²) in [5.41, 5.74) is 1.86. The Bertz CT molecular complexity index is 582. The number of ether oxygens (including phenoxy) is 1. The van der Waals surface area contributed by atoms with E-state index in [0.29, 0.717) is 5.92 Å². The molecular weight excluding hydrogens is 372 g/mol. The van der Waals surface area contributed by atoms with Gasteiger partial charge in [0.1, 0.15) is 6.10 Å². The second-order valence-electron chi connectivity index (χ2n) is 10.4. The van der Waals surface area contributed by atoms with Gasteiger partial charge in [-0.2, -0.15) is 0 Å². The number of nitrogens with one attached hydrogen (secondary N) is 1. The lowest BCUT2D eigenvalue weighted by Gasteiger charge is -2.46. The number of hydrogen-bond donors (Lipinski definition) is 1. The molecule has 0 aromatic heterocycles. The average molecular weight is 419 g/mol. The maximum absolute atomic E-state index is 12.6. The standard InChI is InChI=1S/C26H46N2O2/c1-5-7-14-28(15-8-6-2)16-10-13-27-19-22-21-17-23-20(3)11-9-12-26(23,4)18-24(21)30-25(22)29/h17,20-22,24,27H,5-16,18-19H2,1-4H3/t20-,21-,22+,24+,26+/m1/s1. The van der Waals surface area contributed by atoms with E-state index in [1.807, 2.05) is 0 Å². The molecule has 5 atom stereocenters. The van der Waals surface area contributed by atoms with E-state index in [1.165, 1.54) is 58.0 Å². The van der Waals surface area contributed by atoms with Crippen molar-refractivity contribution >= 4 is 5.97 Å². The molecule has 0 bridgehead atoms. The zero-order valence-electron chi connectivity index (χ0n) is 20.0. The van der Waals surface area contributed by atoms with Crippen molar-refractivity contribution < 1.29 is 9.53 Å². The summed E-state index contributed by atoms with van der Waals surface area (Å²) in [5, 5.41) is 3.59. The van der Waals surface area contributed by atoms with Gasteiger partial charge in [0.15, 0.2) is 0 Å². The molecule has 3 rings (SSSR count). The molecule has 2 aliphatic carbocycles. The first-order valence-electron chi connectivity index (χ1n) is 12.8. The van der Waals surface area contributed by atoms with Crippen LogP contribution in [-0.2, 0) is 9.53 Å². The third kappa shape index (κ3) is 5.68. The van der Waals surface area contributed by atoms with Crippen LogP contribution in [0.5, 0.6) is 0 Å². The molecule has 3 aliphatic rings. The van der Waals surface area contributed by atoms with Crippen LogP contribution < -0.4 is 5.32 Å². The van der Waals surface area contributed by atoms with Crippen LogP contribution in [-0.4, -0.2) is 49.7 Å². The number of unbranched alkanes of at least 4 members (excludes halogenated alkanes) is 2. The number of fused-ring (bicyclic) bond motifs is 2. The number of nitrogens with zero attached hydrogens (tertiary/aromatic N) is 1. The Morgan fingerprint density at radius 1 is 1.17 bits per heavy atom. The molecule has 1 N–H and O–H groups in total. The van der Waals surface area contributed by atoms with Gasteiger partial charge in [0.2, 0.25) is 0 Å². The third-order valence-electron chi connectivity index (χ3n) is 7.93. The fraction of sp³-hybridized carbons (Fsp3) is 0.885. The SMILES string of the molecule is CCCCN(CCCC)CCCNC[C@@H]1C(=O)O[C@H]2C[C@]3(C)CCC[C@@H](C)C3=C[C@@H]21. The molecule has 1 heterocycles. The van der Waals surface area contributed by atoms with Crippen LogP contribution >= 0.6 is 0 Å². The van der Waals surface area contributed by atoms with Crippen LogP contribution in [0.15, 0.2) is 11.6 Å². The lowest BCUT2D eigenvalue weighted by molar-refractivity contribution is -0.145. The van der Waals surface area contributed by atoms with E-state index in [1.54, 1.807) is 5.57 Å². The van der Waals surface area contributed by atoms with E-state index in [9.17, 15) is 4.79 Å². The van der Waals surface area contributed by atoms with E-state index >= 15 is 0 Å². The first-order chi connectivity index (χ1) is 14.5. The monoisotopic (exact) mass is 418 g/mol. The lowest BCUT2D eigenvalue weighted by Crippen LogP contribution is -2.40. The number of carbonyl (C=O) groups is 1. The van der Waals surface area contributed by atoms with Crippen molar-refractivity contribution in [3.05, 3.63) is 11.6 Å². The van der Waals surface area contributed by atoms with Crippen LogP contribution in [0.25, 0.3) is 0 Å². The number of carbonyl (C=O) groups excluding carboxylic acids is 1. The second kappa shape index (κ2) is 11.1. The Morgan fingerprint density at radius 3 is 2.57 bits per heavy atom. The van der Waals surface area contributed by atoms with Crippen molar-refractivity contribution in [3.63, 3.8) is 0 Å². The third-order valence-corrected chi connectivity index (χ3v) is 7.93. The van der Waals surface area contributed by atoms with Gasteiger partial charge in [-0.05, 0) is 76.0 Å². The first kappa shape index (κ1) is 23.8. The van der Waals surface area contributed by atoms with Crippen molar-refractivity contribution in [2.75, 3.05) is 32.7 Å². The smallest absolute Gasteiger partial charge is 0.311 e. The van der Waals surface area contributed by atoms with Crippen LogP contribution in [0.2, 0.25) is 0 Å². The van der Waals surface area contributed by atoms with E-state index < -0.39 is 0 Å². The highest BCUT2D eigenvalue weighted by Crippen LogP contribution is 2.53. The van der Waals surface area contributed by atoms with E-state index in [2.05, 4.69) is 44.0 Å². The summed E-state index contributed by atoms with van der Waals surface area (Å²) in [6, 6.07) is 0. The Labute approximate surface area is 185 Å². The van der Waals surface area contributed by atoms with Crippen LogP contribution in [0.1, 0.15) is 85.5 Å². The Balaban J connectivity index is 1.48. The fourth-order valence-corrected chi connectivity index (χ4v) is 6.07. The molecule has 0 radical (unpaired) electrons. The zero-order valence-corrected chi connectivity index (χ0v) is 20.0. The summed E-state index contributed by atoms with van der Waals surface area (Å²) >= 11 is 0. The minimum absolute atomic E-state index is 0.00235. The van der Waals surface area contributed by atoms with E-state index in [4.69, 9.17) is 4.74 Å². The molecular formula is C26H46N2O2. The maximum atomic E-state index is 12.6. The summed E-state index contributed by atoms with van der Waals surface area (Å²) < 4.78 is 5.88.